The summed E-state index contributed by atoms with van der Waals surface area (Å²) in [5.74, 6) is 0. The van der Waals surface area contributed by atoms with E-state index in [-0.39, 0.29) is 11.2 Å². The van der Waals surface area contributed by atoms with Crippen molar-refractivity contribution in [2.24, 2.45) is 0 Å². The molecule has 12 heavy (non-hydrogen) atoms. The van der Waals surface area contributed by atoms with Crippen LogP contribution < -0.4 is 0 Å². The van der Waals surface area contributed by atoms with Gasteiger partial charge in [-0.05, 0) is 41.5 Å². The molecule has 0 heterocycles. The van der Waals surface area contributed by atoms with E-state index in [2.05, 4.69) is 0 Å². The Morgan fingerprint density at radius 1 is 0.667 bits per heavy atom. The highest BCUT2D eigenvalue weighted by molar-refractivity contribution is 4.58. The van der Waals surface area contributed by atoms with Crippen LogP contribution in [0.2, 0.25) is 0 Å². The van der Waals surface area contributed by atoms with Gasteiger partial charge < -0.3 is 0 Å². The lowest BCUT2D eigenvalue weighted by Crippen LogP contribution is -2.27. The van der Waals surface area contributed by atoms with Crippen molar-refractivity contribution in [1.29, 1.82) is 0 Å². The van der Waals surface area contributed by atoms with Crippen molar-refractivity contribution in [3.63, 3.8) is 0 Å². The SMILES string of the molecule is CC(C)(C)OOC(C)(C)C.OO. The molecule has 0 aromatic heterocycles. The van der Waals surface area contributed by atoms with Crippen LogP contribution >= 0.6 is 0 Å². The molecule has 0 aromatic rings. The van der Waals surface area contributed by atoms with Gasteiger partial charge in [-0.15, -0.1) is 0 Å². The van der Waals surface area contributed by atoms with Gasteiger partial charge in [0, 0.05) is 0 Å². The van der Waals surface area contributed by atoms with E-state index in [0.717, 1.165) is 0 Å². The molecule has 0 aliphatic rings. The Labute approximate surface area is 74.0 Å². The van der Waals surface area contributed by atoms with Gasteiger partial charge in [-0.25, -0.2) is 9.78 Å². The molecular formula is C8H20O4. The van der Waals surface area contributed by atoms with Gasteiger partial charge in [0.05, 0.1) is 11.2 Å². The summed E-state index contributed by atoms with van der Waals surface area (Å²) in [7, 11) is 0. The van der Waals surface area contributed by atoms with Crippen LogP contribution in [0.4, 0.5) is 0 Å². The van der Waals surface area contributed by atoms with Crippen molar-refractivity contribution in [1.82, 2.24) is 0 Å². The minimum Gasteiger partial charge on any atom is -0.255 e. The molecule has 0 amide bonds. The highest BCUT2D eigenvalue weighted by Gasteiger charge is 2.18. The van der Waals surface area contributed by atoms with E-state index >= 15 is 0 Å². The first-order valence-corrected chi connectivity index (χ1v) is 3.77. The second-order valence-electron chi connectivity index (χ2n) is 4.39. The van der Waals surface area contributed by atoms with Gasteiger partial charge >= 0.3 is 0 Å². The number of hydrogen-bond acceptors (Lipinski definition) is 4. The van der Waals surface area contributed by atoms with Gasteiger partial charge in [0.25, 0.3) is 0 Å². The average molecular weight is 180 g/mol. The molecule has 4 nitrogen and oxygen atoms in total. The van der Waals surface area contributed by atoms with Crippen LogP contribution in [-0.4, -0.2) is 21.7 Å². The monoisotopic (exact) mass is 180 g/mol. The Balaban J connectivity index is 0. The second kappa shape index (κ2) is 5.48. The van der Waals surface area contributed by atoms with Crippen LogP contribution in [0.25, 0.3) is 0 Å². The lowest BCUT2D eigenvalue weighted by Gasteiger charge is -2.24. The summed E-state index contributed by atoms with van der Waals surface area (Å²) in [5, 5.41) is 12.0. The maximum atomic E-state index is 6.00. The van der Waals surface area contributed by atoms with Crippen LogP contribution in [0.3, 0.4) is 0 Å². The molecule has 0 atom stereocenters. The van der Waals surface area contributed by atoms with Crippen molar-refractivity contribution in [2.45, 2.75) is 52.7 Å². The summed E-state index contributed by atoms with van der Waals surface area (Å²) < 4.78 is 0. The topological polar surface area (TPSA) is 58.9 Å². The summed E-state index contributed by atoms with van der Waals surface area (Å²) in [6.07, 6.45) is 0. The smallest absolute Gasteiger partial charge is 0.0952 e. The van der Waals surface area contributed by atoms with E-state index in [0.29, 0.717) is 0 Å². The largest absolute Gasteiger partial charge is 0.255 e. The second-order valence-corrected chi connectivity index (χ2v) is 4.39. The Kier molecular flexibility index (Phi) is 6.56. The Morgan fingerprint density at radius 2 is 0.833 bits per heavy atom. The molecular weight excluding hydrogens is 160 g/mol. The predicted octanol–water partition coefficient (Wildman–Crippen LogP) is 2.55. The molecule has 0 aromatic carbocycles. The Morgan fingerprint density at radius 3 is 0.917 bits per heavy atom. The van der Waals surface area contributed by atoms with Crippen molar-refractivity contribution in [3.05, 3.63) is 0 Å². The first-order valence-electron chi connectivity index (χ1n) is 3.77. The molecule has 0 aliphatic carbocycles. The Hall–Kier alpha value is -0.160. The zero-order valence-electron chi connectivity index (χ0n) is 8.71. The molecule has 0 saturated carbocycles. The van der Waals surface area contributed by atoms with Crippen LogP contribution in [0.15, 0.2) is 0 Å². The van der Waals surface area contributed by atoms with Crippen molar-refractivity contribution in [2.75, 3.05) is 0 Å². The molecule has 2 N–H and O–H groups in total. The molecule has 4 heteroatoms. The van der Waals surface area contributed by atoms with Crippen LogP contribution in [0.1, 0.15) is 41.5 Å². The van der Waals surface area contributed by atoms with Crippen molar-refractivity contribution < 1.29 is 20.3 Å². The van der Waals surface area contributed by atoms with Gasteiger partial charge in [-0.1, -0.05) is 0 Å². The standard InChI is InChI=1S/C8H18O2.H2O2/c1-7(2,3)9-10-8(4,5)6;1-2/h1-6H3;1-2H. The van der Waals surface area contributed by atoms with Gasteiger partial charge in [-0.3, -0.25) is 10.5 Å². The van der Waals surface area contributed by atoms with Gasteiger partial charge in [0.1, 0.15) is 0 Å². The highest BCUT2D eigenvalue weighted by Crippen LogP contribution is 2.14. The molecule has 0 fully saturated rings. The van der Waals surface area contributed by atoms with Crippen LogP contribution in [0.5, 0.6) is 0 Å². The van der Waals surface area contributed by atoms with E-state index in [9.17, 15) is 0 Å². The van der Waals surface area contributed by atoms with Gasteiger partial charge in [0.15, 0.2) is 0 Å². The highest BCUT2D eigenvalue weighted by atomic mass is 17.2. The molecule has 76 valence electrons. The fourth-order valence-electron chi connectivity index (χ4n) is 0.250. The molecule has 0 bridgehead atoms. The lowest BCUT2D eigenvalue weighted by atomic mass is 10.2. The summed E-state index contributed by atoms with van der Waals surface area (Å²) in [6, 6.07) is 0. The third kappa shape index (κ3) is 16.4. The van der Waals surface area contributed by atoms with Crippen molar-refractivity contribution in [3.8, 4) is 0 Å². The average Bonchev–Trinajstić information content (AvgIpc) is 1.86. The maximum absolute atomic E-state index is 6.00. The molecule has 0 radical (unpaired) electrons. The fraction of sp³-hybridized carbons (Fsp3) is 1.00. The van der Waals surface area contributed by atoms with Crippen molar-refractivity contribution >= 4 is 0 Å². The quantitative estimate of drug-likeness (QED) is 0.481. The number of hydrogen-bond donors (Lipinski definition) is 2. The summed E-state index contributed by atoms with van der Waals surface area (Å²) in [4.78, 5) is 10.2. The predicted molar refractivity (Wildman–Crippen MR) is 46.9 cm³/mol. The number of rotatable bonds is 1. The normalized spacial score (nSPS) is 12.0. The molecule has 0 spiro atoms. The van der Waals surface area contributed by atoms with Crippen LogP contribution in [-0.2, 0) is 9.78 Å². The zero-order chi connectivity index (χ0) is 10.4. The third-order valence-corrected chi connectivity index (χ3v) is 0.542. The first-order chi connectivity index (χ1) is 5.21. The van der Waals surface area contributed by atoms with E-state index in [1.807, 2.05) is 41.5 Å². The Bertz CT molecular complexity index is 84.6. The fourth-order valence-corrected chi connectivity index (χ4v) is 0.250. The summed E-state index contributed by atoms with van der Waals surface area (Å²) >= 11 is 0. The molecule has 0 saturated heterocycles. The summed E-state index contributed by atoms with van der Waals surface area (Å²) in [5.41, 5.74) is -0.430. The summed E-state index contributed by atoms with van der Waals surface area (Å²) in [6.45, 7) is 11.7. The minimum atomic E-state index is -0.215. The van der Waals surface area contributed by atoms with E-state index in [1.165, 1.54) is 0 Å². The van der Waals surface area contributed by atoms with Gasteiger partial charge in [-0.2, -0.15) is 0 Å². The first kappa shape index (κ1) is 14.4. The van der Waals surface area contributed by atoms with E-state index in [4.69, 9.17) is 20.3 Å². The van der Waals surface area contributed by atoms with E-state index in [1.54, 1.807) is 0 Å². The third-order valence-electron chi connectivity index (χ3n) is 0.542. The van der Waals surface area contributed by atoms with E-state index < -0.39 is 0 Å². The van der Waals surface area contributed by atoms with Gasteiger partial charge in [0.2, 0.25) is 0 Å². The molecule has 0 unspecified atom stereocenters. The van der Waals surface area contributed by atoms with Crippen LogP contribution in [0, 0.1) is 0 Å². The minimum absolute atomic E-state index is 0.215. The maximum Gasteiger partial charge on any atom is 0.0952 e. The lowest BCUT2D eigenvalue weighted by molar-refractivity contribution is -0.393. The zero-order valence-corrected chi connectivity index (χ0v) is 8.71. The molecule has 0 aliphatic heterocycles. The molecule has 0 rings (SSSR count).